The summed E-state index contributed by atoms with van der Waals surface area (Å²) in [5.74, 6) is 0.485. The Kier molecular flexibility index (Phi) is 6.11. The number of rotatable bonds is 7. The number of halogens is 1. The van der Waals surface area contributed by atoms with Gasteiger partial charge in [0.15, 0.2) is 0 Å². The summed E-state index contributed by atoms with van der Waals surface area (Å²) in [5, 5.41) is 3.35. The Morgan fingerprint density at radius 3 is 2.30 bits per heavy atom. The molecule has 0 aliphatic heterocycles. The number of benzene rings is 2. The van der Waals surface area contributed by atoms with Crippen molar-refractivity contribution in [3.05, 3.63) is 103 Å². The number of nitrogens with one attached hydrogen (secondary N) is 1. The molecule has 0 saturated heterocycles. The van der Waals surface area contributed by atoms with Crippen molar-refractivity contribution in [2.45, 2.75) is 12.5 Å². The largest absolute Gasteiger partial charge is 0.368 e. The highest BCUT2D eigenvalue weighted by molar-refractivity contribution is 5.84. The summed E-state index contributed by atoms with van der Waals surface area (Å²) in [7, 11) is 0. The fourth-order valence-corrected chi connectivity index (χ4v) is 3.41. The minimum Gasteiger partial charge on any atom is -0.368 e. The molecule has 4 aromatic rings. The summed E-state index contributed by atoms with van der Waals surface area (Å²) in [5.41, 5.74) is 11.4. The molecule has 0 amide bonds. The number of hydrogen-bond acceptors (Lipinski definition) is 4. The third-order valence-corrected chi connectivity index (χ3v) is 4.94. The topological polar surface area (TPSA) is 63.8 Å². The van der Waals surface area contributed by atoms with Crippen molar-refractivity contribution in [3.8, 4) is 22.3 Å². The fourth-order valence-electron chi connectivity index (χ4n) is 3.41. The average Bonchev–Trinajstić information content (AvgIpc) is 2.79. The third-order valence-electron chi connectivity index (χ3n) is 4.94. The van der Waals surface area contributed by atoms with Gasteiger partial charge in [-0.2, -0.15) is 0 Å². The second-order valence-corrected chi connectivity index (χ2v) is 7.19. The molecule has 0 spiro atoms. The summed E-state index contributed by atoms with van der Waals surface area (Å²) in [4.78, 5) is 8.68. The summed E-state index contributed by atoms with van der Waals surface area (Å²) in [6, 6.07) is 22.5. The zero-order chi connectivity index (χ0) is 20.8. The highest BCUT2D eigenvalue weighted by Crippen LogP contribution is 2.33. The van der Waals surface area contributed by atoms with E-state index in [1.54, 1.807) is 24.5 Å². The van der Waals surface area contributed by atoms with Gasteiger partial charge in [-0.25, -0.2) is 9.37 Å². The molecule has 3 N–H and O–H groups in total. The van der Waals surface area contributed by atoms with Crippen LogP contribution in [0.15, 0.2) is 91.4 Å². The second-order valence-electron chi connectivity index (χ2n) is 7.19. The first kappa shape index (κ1) is 19.7. The first-order valence-corrected chi connectivity index (χ1v) is 9.89. The molecule has 0 fully saturated rings. The number of aromatic nitrogens is 2. The molecular weight excluding hydrogens is 375 g/mol. The van der Waals surface area contributed by atoms with Crippen molar-refractivity contribution in [2.24, 2.45) is 5.73 Å². The molecule has 0 radical (unpaired) electrons. The Morgan fingerprint density at radius 1 is 0.867 bits per heavy atom. The first-order chi connectivity index (χ1) is 14.7. The van der Waals surface area contributed by atoms with Gasteiger partial charge < -0.3 is 11.1 Å². The first-order valence-electron chi connectivity index (χ1n) is 9.89. The standard InChI is InChI=1S/C25H23FN4/c26-21-8-6-19(7-9-21)24-17-30-25(15-23(24)20-10-12-28-13-11-20)29-16-22(27)14-18-4-2-1-3-5-18/h1-13,15,17,22H,14,16,27H2,(H,29,30)/t22-/m1/s1. The molecule has 150 valence electrons. The van der Waals surface area contributed by atoms with Crippen molar-refractivity contribution in [3.63, 3.8) is 0 Å². The van der Waals surface area contributed by atoms with E-state index in [9.17, 15) is 4.39 Å². The lowest BCUT2D eigenvalue weighted by atomic mass is 9.97. The molecule has 2 aromatic carbocycles. The second kappa shape index (κ2) is 9.29. The summed E-state index contributed by atoms with van der Waals surface area (Å²) < 4.78 is 13.4. The van der Waals surface area contributed by atoms with Crippen LogP contribution in [0.5, 0.6) is 0 Å². The van der Waals surface area contributed by atoms with E-state index in [2.05, 4.69) is 27.4 Å². The normalized spacial score (nSPS) is 11.8. The van der Waals surface area contributed by atoms with Crippen LogP contribution < -0.4 is 11.1 Å². The minimum absolute atomic E-state index is 0.0321. The van der Waals surface area contributed by atoms with Crippen LogP contribution in [0.1, 0.15) is 5.56 Å². The molecule has 0 aliphatic rings. The maximum Gasteiger partial charge on any atom is 0.126 e. The molecule has 0 unspecified atom stereocenters. The van der Waals surface area contributed by atoms with Gasteiger partial charge in [-0.3, -0.25) is 4.98 Å². The van der Waals surface area contributed by atoms with E-state index in [1.807, 2.05) is 42.6 Å². The van der Waals surface area contributed by atoms with Crippen molar-refractivity contribution >= 4 is 5.82 Å². The number of pyridine rings is 2. The molecule has 2 heterocycles. The van der Waals surface area contributed by atoms with Crippen molar-refractivity contribution in [2.75, 3.05) is 11.9 Å². The lowest BCUT2D eigenvalue weighted by Gasteiger charge is -2.16. The van der Waals surface area contributed by atoms with Crippen LogP contribution in [0.2, 0.25) is 0 Å². The number of hydrogen-bond donors (Lipinski definition) is 2. The Hall–Kier alpha value is -3.57. The SMILES string of the molecule is N[C@@H](CNc1cc(-c2ccncc2)c(-c2ccc(F)cc2)cn1)Cc1ccccc1. The summed E-state index contributed by atoms with van der Waals surface area (Å²) in [6.45, 7) is 0.605. The van der Waals surface area contributed by atoms with Crippen LogP contribution in [-0.4, -0.2) is 22.6 Å². The quantitative estimate of drug-likeness (QED) is 0.463. The Labute approximate surface area is 175 Å². The van der Waals surface area contributed by atoms with Gasteiger partial charge in [0.2, 0.25) is 0 Å². The van der Waals surface area contributed by atoms with Crippen LogP contribution in [0, 0.1) is 5.82 Å². The molecule has 30 heavy (non-hydrogen) atoms. The lowest BCUT2D eigenvalue weighted by molar-refractivity contribution is 0.628. The van der Waals surface area contributed by atoms with Crippen LogP contribution in [0.4, 0.5) is 10.2 Å². The van der Waals surface area contributed by atoms with E-state index in [0.29, 0.717) is 6.54 Å². The van der Waals surface area contributed by atoms with Crippen molar-refractivity contribution in [1.82, 2.24) is 9.97 Å². The monoisotopic (exact) mass is 398 g/mol. The number of anilines is 1. The molecule has 0 bridgehead atoms. The molecular formula is C25H23FN4. The minimum atomic E-state index is -0.261. The van der Waals surface area contributed by atoms with Gasteiger partial charge in [0, 0.05) is 36.7 Å². The van der Waals surface area contributed by atoms with Crippen molar-refractivity contribution < 1.29 is 4.39 Å². The van der Waals surface area contributed by atoms with E-state index < -0.39 is 0 Å². The molecule has 4 rings (SSSR count). The van der Waals surface area contributed by atoms with Gasteiger partial charge in [0.25, 0.3) is 0 Å². The Balaban J connectivity index is 1.57. The zero-order valence-electron chi connectivity index (χ0n) is 16.5. The molecule has 5 heteroatoms. The van der Waals surface area contributed by atoms with E-state index in [1.165, 1.54) is 17.7 Å². The van der Waals surface area contributed by atoms with Crippen LogP contribution in [0.3, 0.4) is 0 Å². The van der Waals surface area contributed by atoms with Gasteiger partial charge in [-0.05, 0) is 59.0 Å². The molecule has 2 aromatic heterocycles. The lowest BCUT2D eigenvalue weighted by Crippen LogP contribution is -2.31. The van der Waals surface area contributed by atoms with Crippen LogP contribution >= 0.6 is 0 Å². The maximum atomic E-state index is 13.4. The van der Waals surface area contributed by atoms with Gasteiger partial charge in [0.1, 0.15) is 11.6 Å². The van der Waals surface area contributed by atoms with Gasteiger partial charge in [-0.15, -0.1) is 0 Å². The molecule has 0 aliphatic carbocycles. The van der Waals surface area contributed by atoms with Gasteiger partial charge in [0.05, 0.1) is 0 Å². The number of nitrogens with zero attached hydrogens (tertiary/aromatic N) is 2. The van der Waals surface area contributed by atoms with Crippen LogP contribution in [0.25, 0.3) is 22.3 Å². The van der Waals surface area contributed by atoms with E-state index >= 15 is 0 Å². The third kappa shape index (κ3) is 4.88. The molecule has 1 atom stereocenters. The van der Waals surface area contributed by atoms with Crippen LogP contribution in [-0.2, 0) is 6.42 Å². The van der Waals surface area contributed by atoms with Gasteiger partial charge in [-0.1, -0.05) is 42.5 Å². The predicted molar refractivity (Wildman–Crippen MR) is 119 cm³/mol. The van der Waals surface area contributed by atoms with E-state index in [0.717, 1.165) is 34.5 Å². The van der Waals surface area contributed by atoms with Gasteiger partial charge >= 0.3 is 0 Å². The average molecular weight is 398 g/mol. The fraction of sp³-hybridized carbons (Fsp3) is 0.120. The molecule has 0 saturated carbocycles. The highest BCUT2D eigenvalue weighted by atomic mass is 19.1. The van der Waals surface area contributed by atoms with E-state index in [-0.39, 0.29) is 11.9 Å². The summed E-state index contributed by atoms with van der Waals surface area (Å²) in [6.07, 6.45) is 6.12. The highest BCUT2D eigenvalue weighted by Gasteiger charge is 2.11. The van der Waals surface area contributed by atoms with E-state index in [4.69, 9.17) is 5.73 Å². The Bertz CT molecular complexity index is 1080. The maximum absolute atomic E-state index is 13.4. The number of nitrogens with two attached hydrogens (primary N) is 1. The molecule has 4 nitrogen and oxygen atoms in total. The summed E-state index contributed by atoms with van der Waals surface area (Å²) >= 11 is 0. The van der Waals surface area contributed by atoms with Crippen molar-refractivity contribution in [1.29, 1.82) is 0 Å². The Morgan fingerprint density at radius 2 is 1.57 bits per heavy atom. The predicted octanol–water partition coefficient (Wildman–Crippen LogP) is 4.93. The zero-order valence-corrected chi connectivity index (χ0v) is 16.5. The smallest absolute Gasteiger partial charge is 0.126 e.